The molecule has 96 valence electrons. The topological polar surface area (TPSA) is 64.3 Å². The number of alkyl carbamates (subject to hydrolysis) is 1. The Morgan fingerprint density at radius 2 is 1.88 bits per heavy atom. The normalized spacial score (nSPS) is 15.8. The number of hydrogen-bond acceptors (Lipinski definition) is 3. The minimum absolute atomic E-state index is 0.0100. The Morgan fingerprint density at radius 1 is 1.38 bits per heavy atom. The first kappa shape index (κ1) is 15.1. The van der Waals surface area contributed by atoms with E-state index >= 15 is 0 Å². The number of alkyl halides is 2. The third kappa shape index (κ3) is 6.55. The van der Waals surface area contributed by atoms with E-state index in [4.69, 9.17) is 10.5 Å². The Balaban J connectivity index is 3.87. The van der Waals surface area contributed by atoms with Gasteiger partial charge in [0.2, 0.25) is 0 Å². The number of halogens is 2. The quantitative estimate of drug-likeness (QED) is 0.786. The molecular weight excluding hydrogens is 218 g/mol. The van der Waals surface area contributed by atoms with Gasteiger partial charge in [-0.25, -0.2) is 13.6 Å². The van der Waals surface area contributed by atoms with Gasteiger partial charge in [-0.1, -0.05) is 0 Å². The van der Waals surface area contributed by atoms with Crippen LogP contribution in [0.25, 0.3) is 0 Å². The highest BCUT2D eigenvalue weighted by atomic mass is 19.3. The van der Waals surface area contributed by atoms with Crippen molar-refractivity contribution in [2.24, 2.45) is 5.73 Å². The van der Waals surface area contributed by atoms with E-state index in [0.717, 1.165) is 0 Å². The first-order valence-corrected chi connectivity index (χ1v) is 5.08. The molecule has 0 rings (SSSR count). The van der Waals surface area contributed by atoms with Crippen LogP contribution in [-0.4, -0.2) is 30.2 Å². The van der Waals surface area contributed by atoms with Crippen LogP contribution in [0.3, 0.4) is 0 Å². The van der Waals surface area contributed by atoms with Crippen LogP contribution in [0, 0.1) is 0 Å². The summed E-state index contributed by atoms with van der Waals surface area (Å²) in [6.07, 6.45) is -3.25. The second-order valence-corrected chi connectivity index (χ2v) is 4.99. The maximum Gasteiger partial charge on any atom is 0.407 e. The van der Waals surface area contributed by atoms with Gasteiger partial charge in [0, 0.05) is 6.54 Å². The lowest BCUT2D eigenvalue weighted by molar-refractivity contribution is 0.0461. The minimum atomic E-state index is -2.62. The summed E-state index contributed by atoms with van der Waals surface area (Å²) in [7, 11) is 0. The van der Waals surface area contributed by atoms with E-state index in [0.29, 0.717) is 0 Å². The molecule has 0 aromatic carbocycles. The van der Waals surface area contributed by atoms with E-state index in [1.54, 1.807) is 20.8 Å². The van der Waals surface area contributed by atoms with Gasteiger partial charge in [0.05, 0.1) is 5.54 Å². The molecule has 16 heavy (non-hydrogen) atoms. The Morgan fingerprint density at radius 3 is 2.25 bits per heavy atom. The molecule has 0 aromatic heterocycles. The standard InChI is InChI=1S/C10H20F2N2O2/c1-9(2,3)16-8(15)14-6-5-10(4,13)7(11)12/h7H,5-6,13H2,1-4H3,(H,14,15). The SMILES string of the molecule is CC(C)(C)OC(=O)NCCC(C)(N)C(F)F. The minimum Gasteiger partial charge on any atom is -0.444 e. The summed E-state index contributed by atoms with van der Waals surface area (Å²) < 4.78 is 29.6. The summed E-state index contributed by atoms with van der Waals surface area (Å²) in [5.41, 5.74) is 3.14. The zero-order chi connectivity index (χ0) is 13.0. The zero-order valence-electron chi connectivity index (χ0n) is 10.1. The van der Waals surface area contributed by atoms with Crippen LogP contribution in [0.2, 0.25) is 0 Å². The number of nitrogens with one attached hydrogen (secondary N) is 1. The first-order chi connectivity index (χ1) is 7.04. The van der Waals surface area contributed by atoms with E-state index in [2.05, 4.69) is 5.32 Å². The number of hydrogen-bond donors (Lipinski definition) is 2. The van der Waals surface area contributed by atoms with Gasteiger partial charge in [0.15, 0.2) is 0 Å². The van der Waals surface area contributed by atoms with Crippen molar-refractivity contribution in [1.82, 2.24) is 5.32 Å². The summed E-state index contributed by atoms with van der Waals surface area (Å²) in [5.74, 6) is 0. The second-order valence-electron chi connectivity index (χ2n) is 4.99. The lowest BCUT2D eigenvalue weighted by Crippen LogP contribution is -2.46. The number of rotatable bonds is 4. The van der Waals surface area contributed by atoms with Crippen molar-refractivity contribution in [2.45, 2.75) is 51.7 Å². The van der Waals surface area contributed by atoms with E-state index in [9.17, 15) is 13.6 Å². The molecule has 0 aliphatic rings. The van der Waals surface area contributed by atoms with Gasteiger partial charge < -0.3 is 15.8 Å². The molecule has 0 aromatic rings. The number of nitrogens with two attached hydrogens (primary N) is 1. The first-order valence-electron chi connectivity index (χ1n) is 5.08. The van der Waals surface area contributed by atoms with Gasteiger partial charge in [-0.3, -0.25) is 0 Å². The zero-order valence-corrected chi connectivity index (χ0v) is 10.1. The molecule has 6 heteroatoms. The molecule has 4 nitrogen and oxygen atoms in total. The van der Waals surface area contributed by atoms with Gasteiger partial charge in [-0.2, -0.15) is 0 Å². The van der Waals surface area contributed by atoms with Gasteiger partial charge in [0.25, 0.3) is 6.43 Å². The molecule has 0 spiro atoms. The Kier molecular flexibility index (Phi) is 5.12. The largest absolute Gasteiger partial charge is 0.444 e. The van der Waals surface area contributed by atoms with Gasteiger partial charge in [0.1, 0.15) is 5.60 Å². The van der Waals surface area contributed by atoms with Gasteiger partial charge in [-0.15, -0.1) is 0 Å². The van der Waals surface area contributed by atoms with E-state index < -0.39 is 23.7 Å². The van der Waals surface area contributed by atoms with E-state index in [1.807, 2.05) is 0 Å². The van der Waals surface area contributed by atoms with Crippen LogP contribution in [0.1, 0.15) is 34.1 Å². The molecule has 0 saturated heterocycles. The average molecular weight is 238 g/mol. The molecule has 0 fully saturated rings. The summed E-state index contributed by atoms with van der Waals surface area (Å²) in [4.78, 5) is 11.2. The van der Waals surface area contributed by atoms with Crippen molar-refractivity contribution >= 4 is 6.09 Å². The van der Waals surface area contributed by atoms with E-state index in [-0.39, 0.29) is 13.0 Å². The van der Waals surface area contributed by atoms with Crippen LogP contribution >= 0.6 is 0 Å². The van der Waals surface area contributed by atoms with Gasteiger partial charge in [-0.05, 0) is 34.1 Å². The number of carbonyl (C=O) groups is 1. The van der Waals surface area contributed by atoms with Crippen molar-refractivity contribution in [3.05, 3.63) is 0 Å². The molecule has 0 saturated carbocycles. The predicted octanol–water partition coefficient (Wildman–Crippen LogP) is 1.88. The third-order valence-electron chi connectivity index (χ3n) is 1.83. The highest BCUT2D eigenvalue weighted by Gasteiger charge is 2.29. The van der Waals surface area contributed by atoms with Crippen LogP contribution in [-0.2, 0) is 4.74 Å². The van der Waals surface area contributed by atoms with Crippen molar-refractivity contribution in [2.75, 3.05) is 6.54 Å². The molecule has 0 aliphatic heterocycles. The molecule has 3 N–H and O–H groups in total. The molecule has 1 unspecified atom stereocenters. The maximum absolute atomic E-state index is 12.3. The van der Waals surface area contributed by atoms with Crippen molar-refractivity contribution < 1.29 is 18.3 Å². The smallest absolute Gasteiger partial charge is 0.407 e. The fourth-order valence-electron chi connectivity index (χ4n) is 0.857. The van der Waals surface area contributed by atoms with Crippen molar-refractivity contribution in [1.29, 1.82) is 0 Å². The fraction of sp³-hybridized carbons (Fsp3) is 0.900. The fourth-order valence-corrected chi connectivity index (χ4v) is 0.857. The monoisotopic (exact) mass is 238 g/mol. The van der Waals surface area contributed by atoms with Crippen molar-refractivity contribution in [3.63, 3.8) is 0 Å². The molecule has 0 aliphatic carbocycles. The highest BCUT2D eigenvalue weighted by Crippen LogP contribution is 2.15. The summed E-state index contributed by atoms with van der Waals surface area (Å²) >= 11 is 0. The van der Waals surface area contributed by atoms with Crippen LogP contribution in [0.15, 0.2) is 0 Å². The Bertz CT molecular complexity index is 237. The lowest BCUT2D eigenvalue weighted by atomic mass is 10.0. The van der Waals surface area contributed by atoms with Crippen LogP contribution in [0.5, 0.6) is 0 Å². The molecular formula is C10H20F2N2O2. The molecule has 1 atom stereocenters. The van der Waals surface area contributed by atoms with Crippen molar-refractivity contribution in [3.8, 4) is 0 Å². The maximum atomic E-state index is 12.3. The molecule has 0 heterocycles. The van der Waals surface area contributed by atoms with Crippen LogP contribution < -0.4 is 11.1 Å². The lowest BCUT2D eigenvalue weighted by Gasteiger charge is -2.24. The van der Waals surface area contributed by atoms with Crippen LogP contribution in [0.4, 0.5) is 13.6 Å². The Labute approximate surface area is 94.5 Å². The van der Waals surface area contributed by atoms with Gasteiger partial charge >= 0.3 is 6.09 Å². The van der Waals surface area contributed by atoms with E-state index in [1.165, 1.54) is 6.92 Å². The molecule has 0 radical (unpaired) electrons. The molecule has 1 amide bonds. The number of ether oxygens (including phenoxy) is 1. The second kappa shape index (κ2) is 5.43. The number of amides is 1. The molecule has 0 bridgehead atoms. The summed E-state index contributed by atoms with van der Waals surface area (Å²) in [6.45, 7) is 6.47. The number of carbonyl (C=O) groups excluding carboxylic acids is 1. The summed E-state index contributed by atoms with van der Waals surface area (Å²) in [5, 5.41) is 2.38. The third-order valence-corrected chi connectivity index (χ3v) is 1.83. The average Bonchev–Trinajstić information content (AvgIpc) is 1.99. The predicted molar refractivity (Wildman–Crippen MR) is 57.5 cm³/mol. The highest BCUT2D eigenvalue weighted by molar-refractivity contribution is 5.67. The summed E-state index contributed by atoms with van der Waals surface area (Å²) in [6, 6.07) is 0. The Hall–Kier alpha value is -0.910.